The van der Waals surface area contributed by atoms with Gasteiger partial charge in [-0.15, -0.1) is 0 Å². The third-order valence-electron chi connectivity index (χ3n) is 2.93. The van der Waals surface area contributed by atoms with Gasteiger partial charge in [-0.1, -0.05) is 18.2 Å². The molecule has 5 nitrogen and oxygen atoms in total. The van der Waals surface area contributed by atoms with Crippen LogP contribution >= 0.6 is 0 Å². The maximum Gasteiger partial charge on any atom is 0.259 e. The van der Waals surface area contributed by atoms with Crippen molar-refractivity contribution in [2.24, 2.45) is 0 Å². The van der Waals surface area contributed by atoms with Gasteiger partial charge in [0.1, 0.15) is 6.29 Å². The van der Waals surface area contributed by atoms with E-state index in [1.54, 1.807) is 42.5 Å². The van der Waals surface area contributed by atoms with E-state index in [1.165, 1.54) is 14.2 Å². The van der Waals surface area contributed by atoms with Crippen LogP contribution in [-0.4, -0.2) is 26.4 Å². The number of anilines is 1. The van der Waals surface area contributed by atoms with E-state index in [2.05, 4.69) is 5.32 Å². The van der Waals surface area contributed by atoms with Crippen LogP contribution in [0.15, 0.2) is 42.5 Å². The minimum atomic E-state index is -0.339. The van der Waals surface area contributed by atoms with E-state index in [0.717, 1.165) is 6.29 Å². The summed E-state index contributed by atoms with van der Waals surface area (Å²) in [5.41, 5.74) is 1.38. The van der Waals surface area contributed by atoms with E-state index in [4.69, 9.17) is 9.47 Å². The first-order chi connectivity index (χ1) is 10.2. The molecule has 2 rings (SSSR count). The predicted octanol–water partition coefficient (Wildman–Crippen LogP) is 2.77. The van der Waals surface area contributed by atoms with Gasteiger partial charge in [-0.05, 0) is 24.3 Å². The summed E-state index contributed by atoms with van der Waals surface area (Å²) in [5, 5.41) is 2.73. The molecule has 0 aliphatic heterocycles. The summed E-state index contributed by atoms with van der Waals surface area (Å²) < 4.78 is 10.4. The summed E-state index contributed by atoms with van der Waals surface area (Å²) in [6, 6.07) is 11.7. The summed E-state index contributed by atoms with van der Waals surface area (Å²) in [4.78, 5) is 23.1. The topological polar surface area (TPSA) is 64.6 Å². The van der Waals surface area contributed by atoms with E-state index < -0.39 is 0 Å². The lowest BCUT2D eigenvalue weighted by Crippen LogP contribution is -2.13. The van der Waals surface area contributed by atoms with Crippen molar-refractivity contribution in [1.82, 2.24) is 0 Å². The Morgan fingerprint density at radius 2 is 1.86 bits per heavy atom. The minimum Gasteiger partial charge on any atom is -0.493 e. The molecule has 0 radical (unpaired) electrons. The smallest absolute Gasteiger partial charge is 0.259 e. The molecule has 1 N–H and O–H groups in total. The van der Waals surface area contributed by atoms with Gasteiger partial charge in [0.2, 0.25) is 0 Å². The average molecular weight is 285 g/mol. The molecule has 0 aliphatic rings. The number of ether oxygens (including phenoxy) is 2. The number of carbonyl (C=O) groups excluding carboxylic acids is 2. The van der Waals surface area contributed by atoms with Crippen molar-refractivity contribution < 1.29 is 19.1 Å². The van der Waals surface area contributed by atoms with Gasteiger partial charge >= 0.3 is 0 Å². The van der Waals surface area contributed by atoms with Crippen LogP contribution in [0, 0.1) is 0 Å². The molecular weight excluding hydrogens is 270 g/mol. The Morgan fingerprint density at radius 1 is 1.10 bits per heavy atom. The highest BCUT2D eigenvalue weighted by Crippen LogP contribution is 2.31. The molecule has 0 aliphatic carbocycles. The molecule has 2 aromatic rings. The van der Waals surface area contributed by atoms with Crippen molar-refractivity contribution in [3.05, 3.63) is 53.6 Å². The molecule has 0 unspecified atom stereocenters. The highest BCUT2D eigenvalue weighted by molar-refractivity contribution is 6.07. The molecule has 0 heterocycles. The molecule has 5 heteroatoms. The first-order valence-electron chi connectivity index (χ1n) is 6.27. The Morgan fingerprint density at radius 3 is 2.52 bits per heavy atom. The Hall–Kier alpha value is -2.82. The lowest BCUT2D eigenvalue weighted by molar-refractivity contribution is 0.102. The fourth-order valence-corrected chi connectivity index (χ4v) is 1.95. The zero-order valence-corrected chi connectivity index (χ0v) is 11.8. The lowest BCUT2D eigenvalue weighted by atomic mass is 10.1. The van der Waals surface area contributed by atoms with E-state index in [9.17, 15) is 9.59 Å². The van der Waals surface area contributed by atoms with Gasteiger partial charge in [-0.25, -0.2) is 0 Å². The minimum absolute atomic E-state index is 0.339. The monoisotopic (exact) mass is 285 g/mol. The molecular formula is C16H15NO4. The van der Waals surface area contributed by atoms with E-state index in [1.807, 2.05) is 0 Å². The number of para-hydroxylation sites is 1. The van der Waals surface area contributed by atoms with Crippen LogP contribution in [0.1, 0.15) is 20.7 Å². The van der Waals surface area contributed by atoms with Gasteiger partial charge < -0.3 is 14.8 Å². The number of rotatable bonds is 5. The third-order valence-corrected chi connectivity index (χ3v) is 2.93. The number of aldehydes is 1. The Kier molecular flexibility index (Phi) is 4.56. The van der Waals surface area contributed by atoms with Gasteiger partial charge in [0, 0.05) is 11.3 Å². The normalized spacial score (nSPS) is 9.81. The van der Waals surface area contributed by atoms with Crippen LogP contribution in [0.25, 0.3) is 0 Å². The summed E-state index contributed by atoms with van der Waals surface area (Å²) in [5.74, 6) is 0.504. The van der Waals surface area contributed by atoms with Gasteiger partial charge in [0.25, 0.3) is 5.91 Å². The van der Waals surface area contributed by atoms with E-state index in [-0.39, 0.29) is 5.91 Å². The van der Waals surface area contributed by atoms with E-state index >= 15 is 0 Å². The molecule has 0 saturated carbocycles. The maximum atomic E-state index is 12.3. The van der Waals surface area contributed by atoms with Crippen molar-refractivity contribution in [3.63, 3.8) is 0 Å². The lowest BCUT2D eigenvalue weighted by Gasteiger charge is -2.12. The van der Waals surface area contributed by atoms with Crippen molar-refractivity contribution in [3.8, 4) is 11.5 Å². The summed E-state index contributed by atoms with van der Waals surface area (Å²) in [6.07, 6.45) is 0.724. The molecule has 21 heavy (non-hydrogen) atoms. The summed E-state index contributed by atoms with van der Waals surface area (Å²) in [7, 11) is 2.98. The third kappa shape index (κ3) is 3.20. The molecule has 0 saturated heterocycles. The molecule has 0 bridgehead atoms. The van der Waals surface area contributed by atoms with Crippen molar-refractivity contribution >= 4 is 17.9 Å². The van der Waals surface area contributed by atoms with Crippen LogP contribution in [0.2, 0.25) is 0 Å². The van der Waals surface area contributed by atoms with Gasteiger partial charge in [0.05, 0.1) is 19.8 Å². The van der Waals surface area contributed by atoms with Crippen LogP contribution in [-0.2, 0) is 0 Å². The second-order valence-electron chi connectivity index (χ2n) is 4.24. The second-order valence-corrected chi connectivity index (χ2v) is 4.24. The SMILES string of the molecule is COc1cccc(C(=O)Nc2cccc(C=O)c2)c1OC. The largest absolute Gasteiger partial charge is 0.493 e. The number of nitrogens with one attached hydrogen (secondary N) is 1. The van der Waals surface area contributed by atoms with Crippen LogP contribution in [0.3, 0.4) is 0 Å². The predicted molar refractivity (Wildman–Crippen MR) is 79.3 cm³/mol. The summed E-state index contributed by atoms with van der Waals surface area (Å²) in [6.45, 7) is 0. The standard InChI is InChI=1S/C16H15NO4/c1-20-14-8-4-7-13(15(14)21-2)16(19)17-12-6-3-5-11(9-12)10-18/h3-10H,1-2H3,(H,17,19). The Balaban J connectivity index is 2.30. The van der Waals surface area contributed by atoms with Crippen LogP contribution in [0.5, 0.6) is 11.5 Å². The second kappa shape index (κ2) is 6.56. The average Bonchev–Trinajstić information content (AvgIpc) is 2.53. The molecule has 0 fully saturated rings. The molecule has 1 amide bonds. The van der Waals surface area contributed by atoms with E-state index in [0.29, 0.717) is 28.3 Å². The maximum absolute atomic E-state index is 12.3. The highest BCUT2D eigenvalue weighted by Gasteiger charge is 2.16. The zero-order chi connectivity index (χ0) is 15.2. The fraction of sp³-hybridized carbons (Fsp3) is 0.125. The van der Waals surface area contributed by atoms with Crippen molar-refractivity contribution in [2.75, 3.05) is 19.5 Å². The van der Waals surface area contributed by atoms with Crippen molar-refractivity contribution in [2.45, 2.75) is 0 Å². The molecule has 2 aromatic carbocycles. The van der Waals surface area contributed by atoms with Crippen LogP contribution in [0.4, 0.5) is 5.69 Å². The fourth-order valence-electron chi connectivity index (χ4n) is 1.95. The first kappa shape index (κ1) is 14.6. The van der Waals surface area contributed by atoms with Gasteiger partial charge in [-0.3, -0.25) is 9.59 Å². The summed E-state index contributed by atoms with van der Waals surface area (Å²) >= 11 is 0. The molecule has 0 aromatic heterocycles. The molecule has 108 valence electrons. The van der Waals surface area contributed by atoms with Crippen LogP contribution < -0.4 is 14.8 Å². The number of hydrogen-bond donors (Lipinski definition) is 1. The molecule has 0 atom stereocenters. The zero-order valence-electron chi connectivity index (χ0n) is 11.8. The van der Waals surface area contributed by atoms with Gasteiger partial charge in [0.15, 0.2) is 11.5 Å². The number of carbonyl (C=O) groups is 2. The number of hydrogen-bond acceptors (Lipinski definition) is 4. The number of methoxy groups -OCH3 is 2. The number of amides is 1. The quantitative estimate of drug-likeness (QED) is 0.858. The van der Waals surface area contributed by atoms with Gasteiger partial charge in [-0.2, -0.15) is 0 Å². The first-order valence-corrected chi connectivity index (χ1v) is 6.27. The highest BCUT2D eigenvalue weighted by atomic mass is 16.5. The molecule has 0 spiro atoms. The van der Waals surface area contributed by atoms with Crippen molar-refractivity contribution in [1.29, 1.82) is 0 Å². The Labute approximate surface area is 122 Å². The number of benzene rings is 2. The Bertz CT molecular complexity index is 667.